The van der Waals surface area contributed by atoms with Crippen LogP contribution < -0.4 is 4.90 Å². The molecule has 3 aromatic heterocycles. The van der Waals surface area contributed by atoms with Crippen molar-refractivity contribution in [2.45, 2.75) is 18.8 Å². The standard InChI is InChI=1S/C27H28N6O3/c34-27(35)32-13-10-20(11-14-32)25-23(8-7-21-6-5-19-3-1-2-4-22(19)29-21)30-26-24(9-12-28-33(25)26)31-15-17-36-18-16-31/h1-9,12,20H,10-11,13-18H2,(H,34,35). The Morgan fingerprint density at radius 3 is 2.58 bits per heavy atom. The van der Waals surface area contributed by atoms with Crippen LogP contribution in [-0.2, 0) is 4.74 Å². The number of anilines is 1. The Balaban J connectivity index is 1.41. The number of rotatable bonds is 4. The van der Waals surface area contributed by atoms with Gasteiger partial charge >= 0.3 is 6.09 Å². The summed E-state index contributed by atoms with van der Waals surface area (Å²) in [6.07, 6.45) is 6.46. The maximum atomic E-state index is 11.5. The van der Waals surface area contributed by atoms with Crippen LogP contribution in [0.15, 0.2) is 48.7 Å². The minimum absolute atomic E-state index is 0.159. The van der Waals surface area contributed by atoms with Gasteiger partial charge in [0.1, 0.15) is 0 Å². The molecule has 6 rings (SSSR count). The third kappa shape index (κ3) is 4.26. The van der Waals surface area contributed by atoms with E-state index < -0.39 is 6.09 Å². The summed E-state index contributed by atoms with van der Waals surface area (Å²) in [5.41, 5.74) is 5.56. The number of amides is 1. The van der Waals surface area contributed by atoms with Crippen LogP contribution in [0.25, 0.3) is 28.7 Å². The number of morpholine rings is 1. The van der Waals surface area contributed by atoms with Crippen molar-refractivity contribution < 1.29 is 14.6 Å². The number of carbonyl (C=O) groups is 1. The first-order valence-electron chi connectivity index (χ1n) is 12.4. The van der Waals surface area contributed by atoms with E-state index in [4.69, 9.17) is 19.8 Å². The molecular weight excluding hydrogens is 456 g/mol. The van der Waals surface area contributed by atoms with E-state index >= 15 is 0 Å². The minimum atomic E-state index is -0.859. The number of fused-ring (bicyclic) bond motifs is 2. The topological polar surface area (TPSA) is 96.1 Å². The third-order valence-corrected chi connectivity index (χ3v) is 7.10. The smallest absolute Gasteiger partial charge is 0.407 e. The molecule has 9 nitrogen and oxygen atoms in total. The van der Waals surface area contributed by atoms with Gasteiger partial charge in [-0.15, -0.1) is 0 Å². The Kier molecular flexibility index (Phi) is 5.98. The molecule has 36 heavy (non-hydrogen) atoms. The fourth-order valence-corrected chi connectivity index (χ4v) is 5.21. The predicted molar refractivity (Wildman–Crippen MR) is 138 cm³/mol. The van der Waals surface area contributed by atoms with Gasteiger partial charge in [-0.05, 0) is 43.2 Å². The van der Waals surface area contributed by atoms with Crippen molar-refractivity contribution in [1.29, 1.82) is 0 Å². The number of carboxylic acid groups (broad SMARTS) is 1. The molecule has 2 aliphatic heterocycles. The Morgan fingerprint density at radius 1 is 0.972 bits per heavy atom. The van der Waals surface area contributed by atoms with Gasteiger partial charge in [-0.1, -0.05) is 24.3 Å². The van der Waals surface area contributed by atoms with Crippen molar-refractivity contribution in [1.82, 2.24) is 24.5 Å². The van der Waals surface area contributed by atoms with Gasteiger partial charge in [-0.25, -0.2) is 19.3 Å². The molecule has 0 aliphatic carbocycles. The van der Waals surface area contributed by atoms with E-state index in [1.165, 1.54) is 4.90 Å². The van der Waals surface area contributed by atoms with Gasteiger partial charge in [0.05, 0.1) is 47.7 Å². The van der Waals surface area contributed by atoms with E-state index in [9.17, 15) is 9.90 Å². The van der Waals surface area contributed by atoms with Gasteiger partial charge in [0.25, 0.3) is 0 Å². The van der Waals surface area contributed by atoms with Crippen LogP contribution in [0.4, 0.5) is 10.5 Å². The van der Waals surface area contributed by atoms with Crippen molar-refractivity contribution in [2.24, 2.45) is 0 Å². The number of likely N-dealkylation sites (tertiary alicyclic amines) is 1. The van der Waals surface area contributed by atoms with Crippen molar-refractivity contribution in [3.8, 4) is 0 Å². The zero-order valence-electron chi connectivity index (χ0n) is 20.0. The van der Waals surface area contributed by atoms with Gasteiger partial charge in [0.2, 0.25) is 0 Å². The summed E-state index contributed by atoms with van der Waals surface area (Å²) in [4.78, 5) is 25.1. The lowest BCUT2D eigenvalue weighted by Crippen LogP contribution is -2.37. The Hall–Kier alpha value is -3.98. The van der Waals surface area contributed by atoms with E-state index in [1.807, 2.05) is 53.2 Å². The molecule has 0 bridgehead atoms. The van der Waals surface area contributed by atoms with Gasteiger partial charge in [-0.3, -0.25) is 0 Å². The number of pyridine rings is 1. The number of piperidine rings is 1. The highest BCUT2D eigenvalue weighted by Crippen LogP contribution is 2.34. The molecule has 0 spiro atoms. The lowest BCUT2D eigenvalue weighted by Gasteiger charge is -2.30. The number of hydrogen-bond acceptors (Lipinski definition) is 6. The maximum Gasteiger partial charge on any atom is 0.407 e. The van der Waals surface area contributed by atoms with E-state index in [0.29, 0.717) is 26.3 Å². The summed E-state index contributed by atoms with van der Waals surface area (Å²) in [6.45, 7) is 4.01. The molecule has 4 aromatic rings. The van der Waals surface area contributed by atoms with E-state index in [1.54, 1.807) is 0 Å². The average Bonchev–Trinajstić information content (AvgIpc) is 3.31. The lowest BCUT2D eigenvalue weighted by atomic mass is 9.92. The Bertz CT molecular complexity index is 1430. The van der Waals surface area contributed by atoms with Crippen LogP contribution in [-0.4, -0.2) is 75.1 Å². The first kappa shape index (κ1) is 22.5. The number of aromatic nitrogens is 4. The Morgan fingerprint density at radius 2 is 1.78 bits per heavy atom. The van der Waals surface area contributed by atoms with Crippen LogP contribution in [0.3, 0.4) is 0 Å². The molecule has 2 saturated heterocycles. The molecule has 5 heterocycles. The number of imidazole rings is 1. The van der Waals surface area contributed by atoms with Crippen LogP contribution >= 0.6 is 0 Å². The van der Waals surface area contributed by atoms with Crippen LogP contribution in [0.2, 0.25) is 0 Å². The number of nitrogens with zero attached hydrogens (tertiary/aromatic N) is 6. The van der Waals surface area contributed by atoms with Gasteiger partial charge in [0, 0.05) is 37.5 Å². The van der Waals surface area contributed by atoms with Gasteiger partial charge < -0.3 is 19.6 Å². The molecular formula is C27H28N6O3. The molecule has 2 fully saturated rings. The number of benzene rings is 1. The zero-order valence-corrected chi connectivity index (χ0v) is 20.0. The fraction of sp³-hybridized carbons (Fsp3) is 0.333. The number of hydrogen-bond donors (Lipinski definition) is 1. The highest BCUT2D eigenvalue weighted by Gasteiger charge is 2.29. The normalized spacial score (nSPS) is 17.4. The predicted octanol–water partition coefficient (Wildman–Crippen LogP) is 4.14. The van der Waals surface area contributed by atoms with Crippen LogP contribution in [0.5, 0.6) is 0 Å². The largest absolute Gasteiger partial charge is 0.465 e. The SMILES string of the molecule is O=C(O)N1CCC(c2c(C=Cc3ccc4ccccc4n3)nc3c(N4CCOCC4)ccnn23)CC1. The molecule has 1 amide bonds. The number of para-hydroxylation sites is 1. The first-order valence-corrected chi connectivity index (χ1v) is 12.4. The van der Waals surface area contributed by atoms with Crippen molar-refractivity contribution >= 4 is 40.5 Å². The molecule has 0 saturated carbocycles. The lowest BCUT2D eigenvalue weighted by molar-refractivity contribution is 0.122. The molecule has 0 radical (unpaired) electrons. The third-order valence-electron chi connectivity index (χ3n) is 7.10. The minimum Gasteiger partial charge on any atom is -0.465 e. The maximum absolute atomic E-state index is 11.5. The molecule has 1 aromatic carbocycles. The Labute approximate surface area is 208 Å². The fourth-order valence-electron chi connectivity index (χ4n) is 5.21. The van der Waals surface area contributed by atoms with Crippen LogP contribution in [0, 0.1) is 0 Å². The molecule has 1 N–H and O–H groups in total. The summed E-state index contributed by atoms with van der Waals surface area (Å²) < 4.78 is 7.51. The highest BCUT2D eigenvalue weighted by molar-refractivity contribution is 5.81. The van der Waals surface area contributed by atoms with Crippen molar-refractivity contribution in [2.75, 3.05) is 44.3 Å². The van der Waals surface area contributed by atoms with Crippen molar-refractivity contribution in [3.63, 3.8) is 0 Å². The van der Waals surface area contributed by atoms with E-state index in [2.05, 4.69) is 17.0 Å². The summed E-state index contributed by atoms with van der Waals surface area (Å²) in [5.74, 6) is 0.159. The zero-order chi connectivity index (χ0) is 24.5. The van der Waals surface area contributed by atoms with Crippen molar-refractivity contribution in [3.05, 3.63) is 65.7 Å². The average molecular weight is 485 g/mol. The summed E-state index contributed by atoms with van der Waals surface area (Å²) >= 11 is 0. The summed E-state index contributed by atoms with van der Waals surface area (Å²) in [7, 11) is 0. The summed E-state index contributed by atoms with van der Waals surface area (Å²) in [6, 6.07) is 14.2. The van der Waals surface area contributed by atoms with E-state index in [-0.39, 0.29) is 5.92 Å². The molecule has 2 aliphatic rings. The second-order valence-electron chi connectivity index (χ2n) is 9.24. The quantitative estimate of drug-likeness (QED) is 0.465. The van der Waals surface area contributed by atoms with E-state index in [0.717, 1.165) is 65.3 Å². The molecule has 9 heteroatoms. The van der Waals surface area contributed by atoms with Gasteiger partial charge in [0.15, 0.2) is 5.65 Å². The molecule has 0 unspecified atom stereocenters. The second-order valence-corrected chi connectivity index (χ2v) is 9.24. The molecule has 0 atom stereocenters. The highest BCUT2D eigenvalue weighted by atomic mass is 16.5. The summed E-state index contributed by atoms with van der Waals surface area (Å²) in [5, 5.41) is 15.2. The molecule has 184 valence electrons. The monoisotopic (exact) mass is 484 g/mol. The second kappa shape index (κ2) is 9.58. The number of ether oxygens (including phenoxy) is 1. The van der Waals surface area contributed by atoms with Gasteiger partial charge in [-0.2, -0.15) is 5.10 Å². The first-order chi connectivity index (χ1) is 17.7. The van der Waals surface area contributed by atoms with Crippen LogP contribution in [0.1, 0.15) is 35.8 Å².